The molecule has 1 saturated heterocycles. The molecule has 11 heteroatoms. The van der Waals surface area contributed by atoms with Gasteiger partial charge in [0, 0.05) is 6.54 Å². The molecular weight excluding hydrogens is 434 g/mol. The second-order valence-corrected chi connectivity index (χ2v) is 9.48. The molecular formula is C21H39N5O5S. The largest absolute Gasteiger partial charge is 0.480 e. The number of unbranched alkanes of at least 4 members (excludes halogenated alkanes) is 1. The van der Waals surface area contributed by atoms with Gasteiger partial charge in [-0.1, -0.05) is 20.3 Å². The monoisotopic (exact) mass is 473 g/mol. The third-order valence-corrected chi connectivity index (χ3v) is 6.24. The third kappa shape index (κ3) is 8.59. The summed E-state index contributed by atoms with van der Waals surface area (Å²) in [7, 11) is 0. The first-order chi connectivity index (χ1) is 15.1. The molecule has 32 heavy (non-hydrogen) atoms. The molecule has 0 aromatic carbocycles. The summed E-state index contributed by atoms with van der Waals surface area (Å²) in [6.45, 7) is 4.38. The number of nitrogens with one attached hydrogen (secondary N) is 2. The van der Waals surface area contributed by atoms with Crippen LogP contribution >= 0.6 is 11.8 Å². The Balaban J connectivity index is 2.84. The SMILES string of the molecule is CSCCC(NC(=O)C1CCCN1C(=O)C(N)CCCCN)C(=O)NC(C(=O)O)C(C)C. The highest BCUT2D eigenvalue weighted by molar-refractivity contribution is 7.98. The van der Waals surface area contributed by atoms with E-state index in [2.05, 4.69) is 10.6 Å². The van der Waals surface area contributed by atoms with Gasteiger partial charge in [0.1, 0.15) is 18.1 Å². The molecule has 1 aliphatic rings. The Labute approximate surface area is 194 Å². The molecule has 0 aliphatic carbocycles. The fourth-order valence-corrected chi connectivity index (χ4v) is 4.16. The normalized spacial score (nSPS) is 18.8. The number of hydrogen-bond acceptors (Lipinski definition) is 7. The van der Waals surface area contributed by atoms with Crippen LogP contribution in [0.25, 0.3) is 0 Å². The van der Waals surface area contributed by atoms with Crippen LogP contribution < -0.4 is 22.1 Å². The molecule has 184 valence electrons. The highest BCUT2D eigenvalue weighted by Gasteiger charge is 2.37. The Morgan fingerprint density at radius 3 is 2.41 bits per heavy atom. The van der Waals surface area contributed by atoms with Crippen molar-refractivity contribution in [3.8, 4) is 0 Å². The van der Waals surface area contributed by atoms with Crippen molar-refractivity contribution in [1.29, 1.82) is 0 Å². The molecule has 0 bridgehead atoms. The van der Waals surface area contributed by atoms with E-state index >= 15 is 0 Å². The number of nitrogens with zero attached hydrogens (tertiary/aromatic N) is 1. The Kier molecular flexibility index (Phi) is 12.6. The number of carbonyl (C=O) groups is 4. The van der Waals surface area contributed by atoms with Gasteiger partial charge >= 0.3 is 5.97 Å². The van der Waals surface area contributed by atoms with Crippen molar-refractivity contribution in [2.75, 3.05) is 25.1 Å². The Morgan fingerprint density at radius 1 is 1.16 bits per heavy atom. The van der Waals surface area contributed by atoms with Gasteiger partial charge in [-0.2, -0.15) is 11.8 Å². The van der Waals surface area contributed by atoms with Crippen LogP contribution in [0, 0.1) is 5.92 Å². The minimum absolute atomic E-state index is 0.268. The number of carboxylic acids is 1. The van der Waals surface area contributed by atoms with Crippen LogP contribution in [-0.2, 0) is 19.2 Å². The zero-order valence-electron chi connectivity index (χ0n) is 19.3. The quantitative estimate of drug-likeness (QED) is 0.218. The molecule has 1 rings (SSSR count). The van der Waals surface area contributed by atoms with Gasteiger partial charge in [0.05, 0.1) is 6.04 Å². The lowest BCUT2D eigenvalue weighted by Crippen LogP contribution is -2.57. The van der Waals surface area contributed by atoms with Crippen molar-refractivity contribution in [1.82, 2.24) is 15.5 Å². The second kappa shape index (κ2) is 14.3. The minimum atomic E-state index is -1.13. The molecule has 0 aromatic heterocycles. The van der Waals surface area contributed by atoms with E-state index in [1.165, 1.54) is 16.7 Å². The van der Waals surface area contributed by atoms with Crippen LogP contribution in [0.1, 0.15) is 52.4 Å². The summed E-state index contributed by atoms with van der Waals surface area (Å²) >= 11 is 1.52. The van der Waals surface area contributed by atoms with Crippen molar-refractivity contribution in [3.63, 3.8) is 0 Å². The zero-order chi connectivity index (χ0) is 24.3. The Bertz CT molecular complexity index is 648. The molecule has 0 radical (unpaired) electrons. The highest BCUT2D eigenvalue weighted by atomic mass is 32.2. The van der Waals surface area contributed by atoms with E-state index in [-0.39, 0.29) is 11.8 Å². The number of nitrogens with two attached hydrogens (primary N) is 2. The minimum Gasteiger partial charge on any atom is -0.480 e. The van der Waals surface area contributed by atoms with E-state index in [0.29, 0.717) is 44.5 Å². The predicted molar refractivity (Wildman–Crippen MR) is 125 cm³/mol. The van der Waals surface area contributed by atoms with Gasteiger partial charge in [0.15, 0.2) is 0 Å². The van der Waals surface area contributed by atoms with Crippen LogP contribution in [0.5, 0.6) is 0 Å². The molecule has 1 aliphatic heterocycles. The van der Waals surface area contributed by atoms with E-state index in [0.717, 1.165) is 12.8 Å². The van der Waals surface area contributed by atoms with Gasteiger partial charge < -0.3 is 32.1 Å². The molecule has 0 aromatic rings. The first kappa shape index (κ1) is 28.2. The average Bonchev–Trinajstić information content (AvgIpc) is 3.23. The summed E-state index contributed by atoms with van der Waals surface area (Å²) in [5.41, 5.74) is 11.5. The lowest BCUT2D eigenvalue weighted by molar-refractivity contribution is -0.144. The van der Waals surface area contributed by atoms with Gasteiger partial charge in [-0.15, -0.1) is 0 Å². The summed E-state index contributed by atoms with van der Waals surface area (Å²) in [4.78, 5) is 51.5. The van der Waals surface area contributed by atoms with Crippen LogP contribution in [-0.4, -0.2) is 83.0 Å². The van der Waals surface area contributed by atoms with E-state index in [1.54, 1.807) is 13.8 Å². The summed E-state index contributed by atoms with van der Waals surface area (Å²) < 4.78 is 0. The van der Waals surface area contributed by atoms with E-state index < -0.39 is 42.0 Å². The number of amides is 3. The summed E-state index contributed by atoms with van der Waals surface area (Å²) in [5, 5.41) is 14.6. The first-order valence-electron chi connectivity index (χ1n) is 11.2. The average molecular weight is 474 g/mol. The predicted octanol–water partition coefficient (Wildman–Crippen LogP) is -0.103. The molecule has 0 spiro atoms. The molecule has 4 unspecified atom stereocenters. The summed E-state index contributed by atoms with van der Waals surface area (Å²) in [6, 6.07) is -3.31. The number of hydrogen-bond donors (Lipinski definition) is 5. The maximum atomic E-state index is 13.0. The van der Waals surface area contributed by atoms with Gasteiger partial charge in [-0.3, -0.25) is 14.4 Å². The second-order valence-electron chi connectivity index (χ2n) is 8.49. The smallest absolute Gasteiger partial charge is 0.326 e. The van der Waals surface area contributed by atoms with E-state index in [4.69, 9.17) is 11.5 Å². The van der Waals surface area contributed by atoms with Crippen molar-refractivity contribution in [3.05, 3.63) is 0 Å². The van der Waals surface area contributed by atoms with Gasteiger partial charge in [-0.05, 0) is 56.6 Å². The highest BCUT2D eigenvalue weighted by Crippen LogP contribution is 2.20. The van der Waals surface area contributed by atoms with Crippen molar-refractivity contribution < 1.29 is 24.3 Å². The van der Waals surface area contributed by atoms with Crippen LogP contribution in [0.2, 0.25) is 0 Å². The molecule has 1 fully saturated rings. The number of thioether (sulfide) groups is 1. The number of rotatable bonds is 14. The van der Waals surface area contributed by atoms with Crippen molar-refractivity contribution in [2.45, 2.75) is 76.5 Å². The van der Waals surface area contributed by atoms with E-state index in [9.17, 15) is 24.3 Å². The number of carbonyl (C=O) groups excluding carboxylic acids is 3. The van der Waals surface area contributed by atoms with Crippen molar-refractivity contribution in [2.24, 2.45) is 17.4 Å². The fraction of sp³-hybridized carbons (Fsp3) is 0.810. The third-order valence-electron chi connectivity index (χ3n) is 5.60. The molecule has 4 atom stereocenters. The van der Waals surface area contributed by atoms with Crippen LogP contribution in [0.3, 0.4) is 0 Å². The maximum Gasteiger partial charge on any atom is 0.326 e. The van der Waals surface area contributed by atoms with Crippen LogP contribution in [0.4, 0.5) is 0 Å². The number of likely N-dealkylation sites (tertiary alicyclic amines) is 1. The molecule has 0 saturated carbocycles. The van der Waals surface area contributed by atoms with Gasteiger partial charge in [0.25, 0.3) is 0 Å². The number of carboxylic acid groups (broad SMARTS) is 1. The number of aliphatic carboxylic acids is 1. The maximum absolute atomic E-state index is 13.0. The lowest BCUT2D eigenvalue weighted by atomic mass is 10.0. The van der Waals surface area contributed by atoms with Gasteiger partial charge in [0.2, 0.25) is 17.7 Å². The molecule has 7 N–H and O–H groups in total. The summed E-state index contributed by atoms with van der Waals surface area (Å²) in [5.74, 6) is -2.05. The Morgan fingerprint density at radius 2 is 1.84 bits per heavy atom. The first-order valence-corrected chi connectivity index (χ1v) is 12.6. The summed E-state index contributed by atoms with van der Waals surface area (Å²) in [6.07, 6.45) is 5.43. The molecule has 1 heterocycles. The zero-order valence-corrected chi connectivity index (χ0v) is 20.2. The fourth-order valence-electron chi connectivity index (χ4n) is 3.69. The molecule has 3 amide bonds. The topological polar surface area (TPSA) is 168 Å². The molecule has 10 nitrogen and oxygen atoms in total. The van der Waals surface area contributed by atoms with E-state index in [1.807, 2.05) is 6.26 Å². The Hall–Kier alpha value is -1.85. The van der Waals surface area contributed by atoms with Crippen molar-refractivity contribution >= 4 is 35.5 Å². The standard InChI is InChI=1S/C21H39N5O5S/c1-13(2)17(21(30)31)25-18(27)15(9-12-32-3)24-19(28)16-8-6-11-26(16)20(29)14(23)7-4-5-10-22/h13-17H,4-12,22-23H2,1-3H3,(H,24,28)(H,25,27)(H,30,31). The van der Waals surface area contributed by atoms with Gasteiger partial charge in [-0.25, -0.2) is 4.79 Å². The van der Waals surface area contributed by atoms with Crippen LogP contribution in [0.15, 0.2) is 0 Å². The lowest BCUT2D eigenvalue weighted by Gasteiger charge is -2.29.